The molecule has 9 heteroatoms. The Morgan fingerprint density at radius 3 is 2.82 bits per heavy atom. The minimum absolute atomic E-state index is 0.00991. The molecule has 0 bridgehead atoms. The van der Waals surface area contributed by atoms with E-state index in [4.69, 9.17) is 10.5 Å². The molecule has 2 rings (SSSR count). The third kappa shape index (κ3) is 3.58. The zero-order valence-corrected chi connectivity index (χ0v) is 12.3. The Morgan fingerprint density at radius 1 is 1.45 bits per heavy atom. The van der Waals surface area contributed by atoms with Gasteiger partial charge in [0.2, 0.25) is 0 Å². The van der Waals surface area contributed by atoms with Gasteiger partial charge in [-0.1, -0.05) is 11.3 Å². The lowest BCUT2D eigenvalue weighted by atomic mass is 10.2. The van der Waals surface area contributed by atoms with Crippen molar-refractivity contribution in [3.63, 3.8) is 0 Å². The molecule has 0 aliphatic heterocycles. The number of nitrogen functional groups attached to an aromatic ring is 1. The molecule has 1 heterocycles. The molecule has 2 aromatic rings. The fraction of sp³-hybridized carbons (Fsp3) is 0.0769. The van der Waals surface area contributed by atoms with E-state index >= 15 is 0 Å². The minimum Gasteiger partial charge on any atom is -0.495 e. The number of nitrogens with zero attached hydrogens (tertiary/aromatic N) is 2. The summed E-state index contributed by atoms with van der Waals surface area (Å²) in [5.41, 5.74) is 8.70. The van der Waals surface area contributed by atoms with Crippen molar-refractivity contribution in [1.82, 2.24) is 5.43 Å². The van der Waals surface area contributed by atoms with Crippen LogP contribution in [-0.4, -0.2) is 24.2 Å². The lowest BCUT2D eigenvalue weighted by Crippen LogP contribution is -2.17. The van der Waals surface area contributed by atoms with E-state index in [9.17, 15) is 14.9 Å². The van der Waals surface area contributed by atoms with Crippen LogP contribution in [0.3, 0.4) is 0 Å². The molecular weight excluding hydrogens is 308 g/mol. The molecule has 0 aliphatic rings. The third-order valence-corrected chi connectivity index (χ3v) is 3.61. The van der Waals surface area contributed by atoms with Crippen LogP contribution in [0.25, 0.3) is 0 Å². The van der Waals surface area contributed by atoms with Crippen molar-refractivity contribution in [3.05, 3.63) is 50.9 Å². The number of anilines is 1. The van der Waals surface area contributed by atoms with Crippen LogP contribution in [0.5, 0.6) is 5.75 Å². The summed E-state index contributed by atoms with van der Waals surface area (Å²) in [6.45, 7) is 0. The van der Waals surface area contributed by atoms with Crippen LogP contribution in [0.4, 0.5) is 10.7 Å². The van der Waals surface area contributed by atoms with Crippen molar-refractivity contribution >= 4 is 34.1 Å². The smallest absolute Gasteiger partial charge is 0.324 e. The van der Waals surface area contributed by atoms with Crippen LogP contribution in [0.15, 0.2) is 35.4 Å². The largest absolute Gasteiger partial charge is 0.495 e. The van der Waals surface area contributed by atoms with Gasteiger partial charge in [0, 0.05) is 11.6 Å². The maximum absolute atomic E-state index is 11.9. The maximum atomic E-state index is 11.9. The zero-order valence-electron chi connectivity index (χ0n) is 11.5. The molecule has 22 heavy (non-hydrogen) atoms. The molecule has 0 unspecified atom stereocenters. The molecule has 0 aliphatic carbocycles. The van der Waals surface area contributed by atoms with Crippen molar-refractivity contribution in [2.24, 2.45) is 5.10 Å². The number of rotatable bonds is 5. The third-order valence-electron chi connectivity index (χ3n) is 2.64. The van der Waals surface area contributed by atoms with Gasteiger partial charge in [0.25, 0.3) is 5.91 Å². The fourth-order valence-corrected chi connectivity index (χ4v) is 2.30. The summed E-state index contributed by atoms with van der Waals surface area (Å²) in [7, 11) is 1.48. The molecule has 1 aromatic carbocycles. The van der Waals surface area contributed by atoms with Gasteiger partial charge >= 0.3 is 5.00 Å². The number of benzene rings is 1. The Bertz CT molecular complexity index is 741. The second-order valence-electron chi connectivity index (χ2n) is 4.09. The summed E-state index contributed by atoms with van der Waals surface area (Å²) in [6, 6.07) is 7.52. The number of hydrogen-bond donors (Lipinski definition) is 2. The zero-order chi connectivity index (χ0) is 16.1. The predicted molar refractivity (Wildman–Crippen MR) is 83.4 cm³/mol. The van der Waals surface area contributed by atoms with Crippen molar-refractivity contribution in [1.29, 1.82) is 0 Å². The van der Waals surface area contributed by atoms with Gasteiger partial charge in [-0.15, -0.1) is 0 Å². The first kappa shape index (κ1) is 15.4. The number of methoxy groups -OCH3 is 1. The fourth-order valence-electron chi connectivity index (χ4n) is 1.60. The summed E-state index contributed by atoms with van der Waals surface area (Å²) < 4.78 is 5.00. The second kappa shape index (κ2) is 6.68. The van der Waals surface area contributed by atoms with E-state index in [1.54, 1.807) is 18.2 Å². The predicted octanol–water partition coefficient (Wildman–Crippen LogP) is 2.01. The summed E-state index contributed by atoms with van der Waals surface area (Å²) in [4.78, 5) is 22.5. The molecule has 0 saturated heterocycles. The number of carbonyl (C=O) groups excluding carboxylic acids is 1. The first-order chi connectivity index (χ1) is 10.5. The SMILES string of the molecule is COc1ccc(C(=O)N/N=C/c2ccc([N+](=O)[O-])s2)cc1N. The number of amides is 1. The average molecular weight is 320 g/mol. The summed E-state index contributed by atoms with van der Waals surface area (Å²) >= 11 is 0.960. The molecule has 1 amide bonds. The number of thiophene rings is 1. The quantitative estimate of drug-likeness (QED) is 0.378. The van der Waals surface area contributed by atoms with Crippen LogP contribution in [0.1, 0.15) is 15.2 Å². The van der Waals surface area contributed by atoms with Crippen LogP contribution in [-0.2, 0) is 0 Å². The molecule has 0 saturated carbocycles. The second-order valence-corrected chi connectivity index (χ2v) is 5.18. The van der Waals surface area contributed by atoms with E-state index in [1.165, 1.54) is 25.5 Å². The van der Waals surface area contributed by atoms with Crippen molar-refractivity contribution in [3.8, 4) is 5.75 Å². The van der Waals surface area contributed by atoms with Crippen LogP contribution >= 0.6 is 11.3 Å². The van der Waals surface area contributed by atoms with Crippen molar-refractivity contribution < 1.29 is 14.5 Å². The van der Waals surface area contributed by atoms with E-state index in [-0.39, 0.29) is 5.00 Å². The highest BCUT2D eigenvalue weighted by Crippen LogP contribution is 2.23. The van der Waals surface area contributed by atoms with Gasteiger partial charge in [-0.05, 0) is 24.3 Å². The standard InChI is InChI=1S/C13H12N4O4S/c1-21-11-4-2-8(6-10(11)14)13(18)16-15-7-9-3-5-12(22-9)17(19)20/h2-7H,14H2,1H3,(H,16,18)/b15-7+. The molecular formula is C13H12N4O4S. The van der Waals surface area contributed by atoms with Crippen LogP contribution in [0, 0.1) is 10.1 Å². The number of nitro groups is 1. The Balaban J connectivity index is 2.01. The normalized spacial score (nSPS) is 10.6. The van der Waals surface area contributed by atoms with Gasteiger partial charge < -0.3 is 10.5 Å². The van der Waals surface area contributed by atoms with E-state index in [2.05, 4.69) is 10.5 Å². The number of hydrazone groups is 1. The monoisotopic (exact) mass is 320 g/mol. The number of hydrogen-bond acceptors (Lipinski definition) is 7. The maximum Gasteiger partial charge on any atom is 0.324 e. The molecule has 0 fully saturated rings. The Labute approximate surface area is 129 Å². The molecule has 3 N–H and O–H groups in total. The summed E-state index contributed by atoms with van der Waals surface area (Å²) in [5.74, 6) is 0.0302. The molecule has 0 atom stereocenters. The number of nitrogens with one attached hydrogen (secondary N) is 1. The Morgan fingerprint density at radius 2 is 2.23 bits per heavy atom. The molecule has 1 aromatic heterocycles. The first-order valence-electron chi connectivity index (χ1n) is 6.02. The van der Waals surface area contributed by atoms with Gasteiger partial charge in [-0.3, -0.25) is 14.9 Å². The van der Waals surface area contributed by atoms with E-state index in [1.807, 2.05) is 0 Å². The topological polar surface area (TPSA) is 120 Å². The number of ether oxygens (including phenoxy) is 1. The lowest BCUT2D eigenvalue weighted by Gasteiger charge is -2.05. The van der Waals surface area contributed by atoms with Gasteiger partial charge in [0.05, 0.1) is 28.8 Å². The first-order valence-corrected chi connectivity index (χ1v) is 6.84. The lowest BCUT2D eigenvalue weighted by molar-refractivity contribution is -0.380. The molecule has 8 nitrogen and oxygen atoms in total. The van der Waals surface area contributed by atoms with Gasteiger partial charge in [0.15, 0.2) is 0 Å². The molecule has 0 radical (unpaired) electrons. The van der Waals surface area contributed by atoms with Gasteiger partial charge in [-0.25, -0.2) is 5.43 Å². The summed E-state index contributed by atoms with van der Waals surface area (Å²) in [6.07, 6.45) is 1.34. The average Bonchev–Trinajstić information content (AvgIpc) is 2.96. The van der Waals surface area contributed by atoms with E-state index in [0.717, 1.165) is 11.3 Å². The molecule has 114 valence electrons. The van der Waals surface area contributed by atoms with Crippen molar-refractivity contribution in [2.75, 3.05) is 12.8 Å². The van der Waals surface area contributed by atoms with E-state index in [0.29, 0.717) is 21.9 Å². The van der Waals surface area contributed by atoms with Gasteiger partial charge in [0.1, 0.15) is 5.75 Å². The molecule has 0 spiro atoms. The highest BCUT2D eigenvalue weighted by Gasteiger charge is 2.09. The number of carbonyl (C=O) groups is 1. The summed E-state index contributed by atoms with van der Waals surface area (Å²) in [5, 5.41) is 14.3. The van der Waals surface area contributed by atoms with E-state index < -0.39 is 10.8 Å². The van der Waals surface area contributed by atoms with Crippen molar-refractivity contribution in [2.45, 2.75) is 0 Å². The van der Waals surface area contributed by atoms with Crippen LogP contribution in [0.2, 0.25) is 0 Å². The van der Waals surface area contributed by atoms with Gasteiger partial charge in [-0.2, -0.15) is 5.10 Å². The Hall–Kier alpha value is -2.94. The number of nitrogens with two attached hydrogens (primary N) is 1. The minimum atomic E-state index is -0.485. The highest BCUT2D eigenvalue weighted by atomic mass is 32.1. The Kier molecular flexibility index (Phi) is 4.69. The van der Waals surface area contributed by atoms with Crippen LogP contribution < -0.4 is 15.9 Å². The highest BCUT2D eigenvalue weighted by molar-refractivity contribution is 7.16.